The molecule has 0 radical (unpaired) electrons. The van der Waals surface area contributed by atoms with Gasteiger partial charge in [-0.3, -0.25) is 9.59 Å². The van der Waals surface area contributed by atoms with E-state index in [1.54, 1.807) is 12.1 Å². The zero-order chi connectivity index (χ0) is 17.1. The largest absolute Gasteiger partial charge is 0.293 e. The molecule has 24 heavy (non-hydrogen) atoms. The molecule has 0 aliphatic heterocycles. The average molecular weight is 316 g/mol. The third-order valence-electron chi connectivity index (χ3n) is 3.67. The smallest absolute Gasteiger partial charge is 0.178 e. The fourth-order valence-electron chi connectivity index (χ4n) is 2.42. The van der Waals surface area contributed by atoms with Crippen LogP contribution in [0.3, 0.4) is 0 Å². The van der Waals surface area contributed by atoms with E-state index in [0.29, 0.717) is 11.4 Å². The first-order valence-corrected chi connectivity index (χ1v) is 7.61. The first kappa shape index (κ1) is 15.7. The van der Waals surface area contributed by atoms with Crippen LogP contribution in [-0.2, 0) is 0 Å². The maximum absolute atomic E-state index is 11.5. The zero-order valence-corrected chi connectivity index (χ0v) is 13.5. The first-order valence-electron chi connectivity index (χ1n) is 7.61. The summed E-state index contributed by atoms with van der Waals surface area (Å²) in [6.07, 6.45) is 0. The second kappa shape index (κ2) is 6.54. The van der Waals surface area contributed by atoms with E-state index in [0.717, 1.165) is 22.5 Å². The molecular weight excluding hydrogens is 300 g/mol. The second-order valence-electron chi connectivity index (χ2n) is 5.51. The molecule has 0 spiro atoms. The van der Waals surface area contributed by atoms with Gasteiger partial charge in [0.05, 0.1) is 11.4 Å². The van der Waals surface area contributed by atoms with E-state index in [4.69, 9.17) is 0 Å². The SMILES string of the molecule is CC(=O)c1cccc(-c2cccc(-c3cccc(C(C)=O)n3)c2)n1. The highest BCUT2D eigenvalue weighted by Gasteiger charge is 2.08. The van der Waals surface area contributed by atoms with E-state index in [1.807, 2.05) is 48.5 Å². The quantitative estimate of drug-likeness (QED) is 0.676. The molecule has 0 fully saturated rings. The van der Waals surface area contributed by atoms with Crippen LogP contribution in [0, 0.1) is 0 Å². The molecule has 0 amide bonds. The third-order valence-corrected chi connectivity index (χ3v) is 3.67. The number of carbonyl (C=O) groups excluding carboxylic acids is 2. The summed E-state index contributed by atoms with van der Waals surface area (Å²) < 4.78 is 0. The third kappa shape index (κ3) is 3.27. The van der Waals surface area contributed by atoms with Crippen molar-refractivity contribution in [2.24, 2.45) is 0 Å². The topological polar surface area (TPSA) is 59.9 Å². The van der Waals surface area contributed by atoms with Gasteiger partial charge in [0.2, 0.25) is 0 Å². The maximum Gasteiger partial charge on any atom is 0.178 e. The van der Waals surface area contributed by atoms with Crippen LogP contribution in [0.25, 0.3) is 22.5 Å². The maximum atomic E-state index is 11.5. The van der Waals surface area contributed by atoms with Gasteiger partial charge in [0.15, 0.2) is 11.6 Å². The van der Waals surface area contributed by atoms with Crippen LogP contribution in [0.15, 0.2) is 60.7 Å². The first-order chi connectivity index (χ1) is 11.5. The van der Waals surface area contributed by atoms with E-state index >= 15 is 0 Å². The normalized spacial score (nSPS) is 10.4. The molecule has 4 heteroatoms. The van der Waals surface area contributed by atoms with Crippen molar-refractivity contribution in [3.05, 3.63) is 72.1 Å². The van der Waals surface area contributed by atoms with Crippen molar-refractivity contribution in [2.75, 3.05) is 0 Å². The number of aromatic nitrogens is 2. The number of ketones is 2. The van der Waals surface area contributed by atoms with Gasteiger partial charge in [-0.15, -0.1) is 0 Å². The minimum absolute atomic E-state index is 0.0659. The van der Waals surface area contributed by atoms with Gasteiger partial charge in [-0.2, -0.15) is 0 Å². The molecule has 0 bridgehead atoms. The van der Waals surface area contributed by atoms with Gasteiger partial charge in [-0.05, 0) is 30.3 Å². The summed E-state index contributed by atoms with van der Waals surface area (Å²) >= 11 is 0. The van der Waals surface area contributed by atoms with Gasteiger partial charge in [-0.25, -0.2) is 9.97 Å². The molecule has 2 aromatic heterocycles. The predicted molar refractivity (Wildman–Crippen MR) is 92.9 cm³/mol. The number of nitrogens with zero attached hydrogens (tertiary/aromatic N) is 2. The Bertz CT molecular complexity index is 859. The molecule has 0 aliphatic carbocycles. The van der Waals surface area contributed by atoms with E-state index in [-0.39, 0.29) is 11.6 Å². The summed E-state index contributed by atoms with van der Waals surface area (Å²) in [5, 5.41) is 0. The van der Waals surface area contributed by atoms with Crippen molar-refractivity contribution in [1.29, 1.82) is 0 Å². The van der Waals surface area contributed by atoms with Crippen LogP contribution in [0.5, 0.6) is 0 Å². The molecule has 0 aliphatic rings. The van der Waals surface area contributed by atoms with Crippen LogP contribution in [0.4, 0.5) is 0 Å². The molecule has 3 rings (SSSR count). The molecule has 0 saturated carbocycles. The van der Waals surface area contributed by atoms with Gasteiger partial charge < -0.3 is 0 Å². The van der Waals surface area contributed by atoms with Crippen LogP contribution in [0.2, 0.25) is 0 Å². The summed E-state index contributed by atoms with van der Waals surface area (Å²) in [6, 6.07) is 18.5. The molecule has 0 saturated heterocycles. The summed E-state index contributed by atoms with van der Waals surface area (Å²) in [5.74, 6) is -0.132. The monoisotopic (exact) mass is 316 g/mol. The van der Waals surface area contributed by atoms with Gasteiger partial charge in [0.1, 0.15) is 11.4 Å². The second-order valence-corrected chi connectivity index (χ2v) is 5.51. The van der Waals surface area contributed by atoms with E-state index in [1.165, 1.54) is 13.8 Å². The zero-order valence-electron chi connectivity index (χ0n) is 13.5. The number of rotatable bonds is 4. The Morgan fingerprint density at radius 3 is 1.50 bits per heavy atom. The lowest BCUT2D eigenvalue weighted by atomic mass is 10.0. The predicted octanol–water partition coefficient (Wildman–Crippen LogP) is 4.22. The Morgan fingerprint density at radius 1 is 0.667 bits per heavy atom. The van der Waals surface area contributed by atoms with Gasteiger partial charge >= 0.3 is 0 Å². The number of Topliss-reactive ketones (excluding diaryl/α,β-unsaturated/α-hetero) is 2. The average Bonchev–Trinajstić information content (AvgIpc) is 2.62. The van der Waals surface area contributed by atoms with Crippen molar-refractivity contribution in [1.82, 2.24) is 9.97 Å². The Kier molecular flexibility index (Phi) is 4.29. The van der Waals surface area contributed by atoms with Crippen molar-refractivity contribution in [3.8, 4) is 22.5 Å². The summed E-state index contributed by atoms with van der Waals surface area (Å²) in [4.78, 5) is 31.8. The number of pyridine rings is 2. The molecule has 118 valence electrons. The lowest BCUT2D eigenvalue weighted by Crippen LogP contribution is -1.98. The lowest BCUT2D eigenvalue weighted by Gasteiger charge is -2.07. The van der Waals surface area contributed by atoms with Crippen molar-refractivity contribution in [2.45, 2.75) is 13.8 Å². The molecular formula is C20H16N2O2. The number of hydrogen-bond acceptors (Lipinski definition) is 4. The van der Waals surface area contributed by atoms with Crippen LogP contribution in [-0.4, -0.2) is 21.5 Å². The van der Waals surface area contributed by atoms with E-state index in [9.17, 15) is 9.59 Å². The fraction of sp³-hybridized carbons (Fsp3) is 0.100. The standard InChI is InChI=1S/C20H16N2O2/c1-13(23)17-8-4-10-19(21-17)15-6-3-7-16(12-15)20-11-5-9-18(22-20)14(2)24/h3-12H,1-2H3. The minimum atomic E-state index is -0.0659. The highest BCUT2D eigenvalue weighted by molar-refractivity contribution is 5.93. The Balaban J connectivity index is 2.04. The summed E-state index contributed by atoms with van der Waals surface area (Å²) in [7, 11) is 0. The Labute approximate surface area is 140 Å². The van der Waals surface area contributed by atoms with Crippen molar-refractivity contribution >= 4 is 11.6 Å². The van der Waals surface area contributed by atoms with Crippen LogP contribution < -0.4 is 0 Å². The number of benzene rings is 1. The summed E-state index contributed by atoms with van der Waals surface area (Å²) in [5.41, 5.74) is 4.13. The molecule has 4 nitrogen and oxygen atoms in total. The minimum Gasteiger partial charge on any atom is -0.293 e. The van der Waals surface area contributed by atoms with Crippen LogP contribution in [0.1, 0.15) is 34.8 Å². The van der Waals surface area contributed by atoms with E-state index in [2.05, 4.69) is 9.97 Å². The Morgan fingerprint density at radius 2 is 1.08 bits per heavy atom. The lowest BCUT2D eigenvalue weighted by molar-refractivity contribution is 0.100. The number of carbonyl (C=O) groups is 2. The van der Waals surface area contributed by atoms with Crippen LogP contribution >= 0.6 is 0 Å². The fourth-order valence-corrected chi connectivity index (χ4v) is 2.42. The van der Waals surface area contributed by atoms with Gasteiger partial charge in [-0.1, -0.05) is 30.3 Å². The van der Waals surface area contributed by atoms with Crippen molar-refractivity contribution < 1.29 is 9.59 Å². The molecule has 0 unspecified atom stereocenters. The van der Waals surface area contributed by atoms with Gasteiger partial charge in [0, 0.05) is 25.0 Å². The molecule has 3 aromatic rings. The highest BCUT2D eigenvalue weighted by atomic mass is 16.1. The highest BCUT2D eigenvalue weighted by Crippen LogP contribution is 2.24. The molecule has 1 aromatic carbocycles. The van der Waals surface area contributed by atoms with E-state index < -0.39 is 0 Å². The Hall–Kier alpha value is -3.14. The number of hydrogen-bond donors (Lipinski definition) is 0. The summed E-state index contributed by atoms with van der Waals surface area (Å²) in [6.45, 7) is 3.00. The molecule has 0 atom stereocenters. The van der Waals surface area contributed by atoms with Crippen molar-refractivity contribution in [3.63, 3.8) is 0 Å². The molecule has 0 N–H and O–H groups in total. The molecule has 2 heterocycles. The van der Waals surface area contributed by atoms with Gasteiger partial charge in [0.25, 0.3) is 0 Å².